The third-order valence-corrected chi connectivity index (χ3v) is 4.86. The summed E-state index contributed by atoms with van der Waals surface area (Å²) >= 11 is 7.15. The number of nitrogens with zero attached hydrogens (tertiary/aromatic N) is 1. The highest BCUT2D eigenvalue weighted by Crippen LogP contribution is 2.26. The first-order valence-electron chi connectivity index (χ1n) is 7.13. The number of anilines is 2. The molecule has 116 valence electrons. The van der Waals surface area contributed by atoms with Gasteiger partial charge in [0.1, 0.15) is 0 Å². The third kappa shape index (κ3) is 3.43. The van der Waals surface area contributed by atoms with E-state index in [1.165, 1.54) is 11.3 Å². The van der Waals surface area contributed by atoms with E-state index < -0.39 is 0 Å². The van der Waals surface area contributed by atoms with E-state index in [2.05, 4.69) is 16.3 Å². The first-order chi connectivity index (χ1) is 10.6. The van der Waals surface area contributed by atoms with Crippen molar-refractivity contribution in [1.82, 2.24) is 0 Å². The van der Waals surface area contributed by atoms with Gasteiger partial charge in [-0.15, -0.1) is 11.3 Å². The van der Waals surface area contributed by atoms with Gasteiger partial charge < -0.3 is 15.0 Å². The Hall–Kier alpha value is -1.56. The molecule has 1 aliphatic rings. The van der Waals surface area contributed by atoms with E-state index in [-0.39, 0.29) is 5.91 Å². The molecule has 1 saturated heterocycles. The number of ether oxygens (including phenoxy) is 1. The number of halogens is 1. The molecule has 0 bridgehead atoms. The number of thiophene rings is 1. The lowest BCUT2D eigenvalue weighted by molar-refractivity contribution is 0.103. The van der Waals surface area contributed by atoms with Crippen LogP contribution in [-0.2, 0) is 4.74 Å². The number of carbonyl (C=O) groups is 1. The van der Waals surface area contributed by atoms with Crippen LogP contribution in [0.3, 0.4) is 0 Å². The maximum absolute atomic E-state index is 12.2. The summed E-state index contributed by atoms with van der Waals surface area (Å²) in [6.07, 6.45) is 0. The van der Waals surface area contributed by atoms with Crippen molar-refractivity contribution < 1.29 is 9.53 Å². The molecule has 1 aromatic carbocycles. The van der Waals surface area contributed by atoms with Crippen LogP contribution < -0.4 is 10.2 Å². The van der Waals surface area contributed by atoms with Gasteiger partial charge in [0, 0.05) is 24.5 Å². The zero-order chi connectivity index (χ0) is 15.5. The van der Waals surface area contributed by atoms with Gasteiger partial charge >= 0.3 is 0 Å². The molecule has 1 aromatic heterocycles. The fraction of sp³-hybridized carbons (Fsp3) is 0.312. The maximum Gasteiger partial charge on any atom is 0.265 e. The van der Waals surface area contributed by atoms with Crippen LogP contribution in [0.4, 0.5) is 11.4 Å². The van der Waals surface area contributed by atoms with Gasteiger partial charge in [0.15, 0.2) is 0 Å². The number of benzene rings is 1. The minimum absolute atomic E-state index is 0.126. The van der Waals surface area contributed by atoms with Gasteiger partial charge in [0.2, 0.25) is 0 Å². The zero-order valence-electron chi connectivity index (χ0n) is 12.3. The van der Waals surface area contributed by atoms with Crippen molar-refractivity contribution >= 4 is 40.2 Å². The number of hydrogen-bond acceptors (Lipinski definition) is 4. The van der Waals surface area contributed by atoms with Gasteiger partial charge in [-0.3, -0.25) is 4.79 Å². The van der Waals surface area contributed by atoms with Crippen molar-refractivity contribution in [2.75, 3.05) is 36.5 Å². The highest BCUT2D eigenvalue weighted by molar-refractivity contribution is 7.18. The first-order valence-corrected chi connectivity index (χ1v) is 8.33. The van der Waals surface area contributed by atoms with E-state index in [1.54, 1.807) is 12.1 Å². The molecule has 1 amide bonds. The summed E-state index contributed by atoms with van der Waals surface area (Å²) < 4.78 is 5.99. The summed E-state index contributed by atoms with van der Waals surface area (Å²) in [6, 6.07) is 9.56. The van der Waals surface area contributed by atoms with Crippen LogP contribution in [-0.4, -0.2) is 32.2 Å². The monoisotopic (exact) mass is 336 g/mol. The Bertz CT molecular complexity index is 681. The normalized spacial score (nSPS) is 14.9. The molecule has 0 unspecified atom stereocenters. The lowest BCUT2D eigenvalue weighted by Crippen LogP contribution is -2.36. The Morgan fingerprint density at radius 3 is 2.68 bits per heavy atom. The Kier molecular flexibility index (Phi) is 4.66. The van der Waals surface area contributed by atoms with E-state index in [1.807, 2.05) is 19.1 Å². The van der Waals surface area contributed by atoms with Crippen molar-refractivity contribution in [3.63, 3.8) is 0 Å². The number of hydrogen-bond donors (Lipinski definition) is 1. The Morgan fingerprint density at radius 2 is 2.05 bits per heavy atom. The molecule has 22 heavy (non-hydrogen) atoms. The quantitative estimate of drug-likeness (QED) is 0.927. The van der Waals surface area contributed by atoms with Crippen LogP contribution in [0.25, 0.3) is 0 Å². The smallest absolute Gasteiger partial charge is 0.265 e. The van der Waals surface area contributed by atoms with Crippen LogP contribution in [0.15, 0.2) is 30.3 Å². The predicted molar refractivity (Wildman–Crippen MR) is 91.5 cm³/mol. The van der Waals surface area contributed by atoms with Gasteiger partial charge in [0.25, 0.3) is 5.91 Å². The van der Waals surface area contributed by atoms with Crippen molar-refractivity contribution in [2.45, 2.75) is 6.92 Å². The lowest BCUT2D eigenvalue weighted by Gasteiger charge is -2.29. The molecule has 1 fully saturated rings. The number of carbonyl (C=O) groups excluding carboxylic acids is 1. The van der Waals surface area contributed by atoms with Gasteiger partial charge in [-0.2, -0.15) is 0 Å². The molecule has 0 radical (unpaired) electrons. The van der Waals surface area contributed by atoms with Crippen LogP contribution in [0, 0.1) is 6.92 Å². The highest BCUT2D eigenvalue weighted by atomic mass is 35.5. The van der Waals surface area contributed by atoms with Crippen LogP contribution >= 0.6 is 22.9 Å². The number of amides is 1. The van der Waals surface area contributed by atoms with Gasteiger partial charge in [-0.1, -0.05) is 11.6 Å². The maximum atomic E-state index is 12.2. The molecule has 0 spiro atoms. The van der Waals surface area contributed by atoms with Crippen LogP contribution in [0.2, 0.25) is 4.34 Å². The second-order valence-electron chi connectivity index (χ2n) is 5.16. The molecule has 2 heterocycles. The lowest BCUT2D eigenvalue weighted by atomic mass is 10.1. The van der Waals surface area contributed by atoms with E-state index in [9.17, 15) is 4.79 Å². The van der Waals surface area contributed by atoms with E-state index in [0.717, 1.165) is 43.2 Å². The molecule has 1 aliphatic heterocycles. The van der Waals surface area contributed by atoms with Crippen molar-refractivity contribution in [1.29, 1.82) is 0 Å². The van der Waals surface area contributed by atoms with Gasteiger partial charge in [0.05, 0.1) is 22.4 Å². The SMILES string of the molecule is Cc1cc(N2CCOCC2)ccc1NC(=O)c1ccc(Cl)s1. The molecule has 0 atom stereocenters. The van der Waals surface area contributed by atoms with E-state index in [0.29, 0.717) is 9.21 Å². The largest absolute Gasteiger partial charge is 0.378 e. The summed E-state index contributed by atoms with van der Waals surface area (Å²) in [5.41, 5.74) is 3.03. The average molecular weight is 337 g/mol. The van der Waals surface area contributed by atoms with Crippen molar-refractivity contribution in [2.24, 2.45) is 0 Å². The van der Waals surface area contributed by atoms with Crippen molar-refractivity contribution in [3.8, 4) is 0 Å². The Labute approximate surface area is 138 Å². The summed E-state index contributed by atoms with van der Waals surface area (Å²) in [5.74, 6) is -0.126. The summed E-state index contributed by atoms with van der Waals surface area (Å²) in [7, 11) is 0. The minimum atomic E-state index is -0.126. The summed E-state index contributed by atoms with van der Waals surface area (Å²) in [5, 5.41) is 2.94. The fourth-order valence-corrected chi connectivity index (χ4v) is 3.36. The molecular formula is C16H17ClN2O2S. The summed E-state index contributed by atoms with van der Waals surface area (Å²) in [4.78, 5) is 15.1. The molecule has 2 aromatic rings. The zero-order valence-corrected chi connectivity index (χ0v) is 13.8. The fourth-order valence-electron chi connectivity index (χ4n) is 2.43. The first kappa shape index (κ1) is 15.3. The topological polar surface area (TPSA) is 41.6 Å². The molecule has 0 aliphatic carbocycles. The highest BCUT2D eigenvalue weighted by Gasteiger charge is 2.14. The minimum Gasteiger partial charge on any atom is -0.378 e. The summed E-state index contributed by atoms with van der Waals surface area (Å²) in [6.45, 7) is 5.33. The second kappa shape index (κ2) is 6.69. The number of morpholine rings is 1. The standard InChI is InChI=1S/C16H17ClN2O2S/c1-11-10-12(19-6-8-21-9-7-19)2-3-13(11)18-16(20)14-4-5-15(17)22-14/h2-5,10H,6-9H2,1H3,(H,18,20). The van der Waals surface area contributed by atoms with Gasteiger partial charge in [-0.05, 0) is 42.8 Å². The third-order valence-electron chi connectivity index (χ3n) is 3.63. The number of nitrogens with one attached hydrogen (secondary N) is 1. The second-order valence-corrected chi connectivity index (χ2v) is 6.87. The van der Waals surface area contributed by atoms with Crippen molar-refractivity contribution in [3.05, 3.63) is 45.1 Å². The average Bonchev–Trinajstić information content (AvgIpc) is 2.97. The van der Waals surface area contributed by atoms with E-state index >= 15 is 0 Å². The molecule has 6 heteroatoms. The van der Waals surface area contributed by atoms with E-state index in [4.69, 9.17) is 16.3 Å². The number of aryl methyl sites for hydroxylation is 1. The molecule has 3 rings (SSSR count). The molecule has 4 nitrogen and oxygen atoms in total. The number of rotatable bonds is 3. The van der Waals surface area contributed by atoms with Crippen LogP contribution in [0.1, 0.15) is 15.2 Å². The molecule has 0 saturated carbocycles. The Morgan fingerprint density at radius 1 is 1.27 bits per heavy atom. The van der Waals surface area contributed by atoms with Crippen LogP contribution in [0.5, 0.6) is 0 Å². The van der Waals surface area contributed by atoms with Gasteiger partial charge in [-0.25, -0.2) is 0 Å². The molecular weight excluding hydrogens is 320 g/mol. The Balaban J connectivity index is 1.73. The predicted octanol–water partition coefficient (Wildman–Crippen LogP) is 3.80. The molecule has 1 N–H and O–H groups in total.